The highest BCUT2D eigenvalue weighted by Crippen LogP contribution is 2.32. The molecule has 0 aliphatic rings. The van der Waals surface area contributed by atoms with E-state index in [1.165, 1.54) is 16.3 Å². The summed E-state index contributed by atoms with van der Waals surface area (Å²) in [7, 11) is 1.61. The maximum absolute atomic E-state index is 5.48. The Labute approximate surface area is 132 Å². The van der Waals surface area contributed by atoms with Crippen LogP contribution in [0.3, 0.4) is 0 Å². The zero-order valence-electron chi connectivity index (χ0n) is 11.7. The Morgan fingerprint density at radius 1 is 0.857 bits per heavy atom. The van der Waals surface area contributed by atoms with Crippen molar-refractivity contribution in [2.24, 2.45) is 0 Å². The molecule has 0 saturated heterocycles. The lowest BCUT2D eigenvalue weighted by atomic mass is 10.0. The summed E-state index contributed by atoms with van der Waals surface area (Å²) in [5.41, 5.74) is 2.34. The molecule has 3 aromatic rings. The van der Waals surface area contributed by atoms with E-state index in [9.17, 15) is 0 Å². The third kappa shape index (κ3) is 3.09. The highest BCUT2D eigenvalue weighted by molar-refractivity contribution is 9.10. The van der Waals surface area contributed by atoms with Gasteiger partial charge in [-0.1, -0.05) is 42.5 Å². The van der Waals surface area contributed by atoms with E-state index in [2.05, 4.69) is 70.5 Å². The Balaban J connectivity index is 1.96. The summed E-state index contributed by atoms with van der Waals surface area (Å²) in [4.78, 5) is 0. The number of ether oxygens (including phenoxy) is 2. The van der Waals surface area contributed by atoms with E-state index in [4.69, 9.17) is 9.47 Å². The first-order chi connectivity index (χ1) is 10.3. The fourth-order valence-electron chi connectivity index (χ4n) is 2.29. The standard InChI is InChI=1S/C18H15BrO2/c1-20-12-21-18-9-8-16(11-17(18)19)15-7-6-13-4-2-3-5-14(13)10-15/h2-11H,12H2,1H3. The number of benzene rings is 3. The summed E-state index contributed by atoms with van der Waals surface area (Å²) in [6.45, 7) is 0.244. The van der Waals surface area contributed by atoms with Crippen molar-refractivity contribution in [3.63, 3.8) is 0 Å². The number of fused-ring (bicyclic) bond motifs is 1. The molecule has 0 spiro atoms. The second-order valence-corrected chi connectivity index (χ2v) is 5.61. The minimum atomic E-state index is 0.244. The van der Waals surface area contributed by atoms with Gasteiger partial charge in [-0.3, -0.25) is 0 Å². The van der Waals surface area contributed by atoms with Gasteiger partial charge in [0.05, 0.1) is 4.47 Å². The van der Waals surface area contributed by atoms with Gasteiger partial charge < -0.3 is 9.47 Å². The maximum Gasteiger partial charge on any atom is 0.188 e. The smallest absolute Gasteiger partial charge is 0.188 e. The van der Waals surface area contributed by atoms with E-state index >= 15 is 0 Å². The number of methoxy groups -OCH3 is 1. The number of rotatable bonds is 4. The molecule has 0 fully saturated rings. The molecule has 2 nitrogen and oxygen atoms in total. The summed E-state index contributed by atoms with van der Waals surface area (Å²) in [6.07, 6.45) is 0. The molecule has 0 radical (unpaired) electrons. The number of halogens is 1. The first-order valence-electron chi connectivity index (χ1n) is 6.68. The van der Waals surface area contributed by atoms with Crippen molar-refractivity contribution in [2.75, 3.05) is 13.9 Å². The lowest BCUT2D eigenvalue weighted by molar-refractivity contribution is 0.0506. The maximum atomic E-state index is 5.48. The van der Waals surface area contributed by atoms with E-state index in [1.54, 1.807) is 7.11 Å². The molecular formula is C18H15BrO2. The van der Waals surface area contributed by atoms with Crippen LogP contribution in [0.1, 0.15) is 0 Å². The van der Waals surface area contributed by atoms with Crippen molar-refractivity contribution in [2.45, 2.75) is 0 Å². The van der Waals surface area contributed by atoms with Gasteiger partial charge in [-0.25, -0.2) is 0 Å². The Morgan fingerprint density at radius 2 is 1.57 bits per heavy atom. The van der Waals surface area contributed by atoms with Crippen LogP contribution >= 0.6 is 15.9 Å². The monoisotopic (exact) mass is 342 g/mol. The van der Waals surface area contributed by atoms with Crippen molar-refractivity contribution in [3.8, 4) is 16.9 Å². The molecule has 0 amide bonds. The van der Waals surface area contributed by atoms with Crippen LogP contribution in [0.15, 0.2) is 65.1 Å². The minimum Gasteiger partial charge on any atom is -0.466 e. The highest BCUT2D eigenvalue weighted by Gasteiger charge is 2.05. The molecule has 106 valence electrons. The Bertz CT molecular complexity index is 768. The molecule has 3 heteroatoms. The van der Waals surface area contributed by atoms with Gasteiger partial charge in [-0.05, 0) is 56.0 Å². The van der Waals surface area contributed by atoms with Gasteiger partial charge in [0.2, 0.25) is 0 Å². The Morgan fingerprint density at radius 3 is 2.33 bits per heavy atom. The van der Waals surface area contributed by atoms with E-state index in [-0.39, 0.29) is 6.79 Å². The predicted octanol–water partition coefficient (Wildman–Crippen LogP) is 5.25. The summed E-state index contributed by atoms with van der Waals surface area (Å²) < 4.78 is 11.3. The highest BCUT2D eigenvalue weighted by atomic mass is 79.9. The van der Waals surface area contributed by atoms with Gasteiger partial charge >= 0.3 is 0 Å². The summed E-state index contributed by atoms with van der Waals surface area (Å²) in [5, 5.41) is 2.49. The van der Waals surface area contributed by atoms with Crippen molar-refractivity contribution in [1.29, 1.82) is 0 Å². The lowest BCUT2D eigenvalue weighted by Crippen LogP contribution is -1.99. The molecule has 0 N–H and O–H groups in total. The van der Waals surface area contributed by atoms with Gasteiger partial charge in [0.25, 0.3) is 0 Å². The minimum absolute atomic E-state index is 0.244. The fraction of sp³-hybridized carbons (Fsp3) is 0.111. The molecule has 0 saturated carbocycles. The van der Waals surface area contributed by atoms with Crippen LogP contribution in [0.2, 0.25) is 0 Å². The molecule has 0 aliphatic heterocycles. The van der Waals surface area contributed by atoms with Crippen LogP contribution in [0, 0.1) is 0 Å². The topological polar surface area (TPSA) is 18.5 Å². The molecule has 0 bridgehead atoms. The molecule has 0 aromatic heterocycles. The summed E-state index contributed by atoms with van der Waals surface area (Å²) >= 11 is 3.54. The largest absolute Gasteiger partial charge is 0.466 e. The fourth-order valence-corrected chi connectivity index (χ4v) is 2.78. The van der Waals surface area contributed by atoms with E-state index in [0.717, 1.165) is 15.8 Å². The molecule has 0 atom stereocenters. The van der Waals surface area contributed by atoms with Gasteiger partial charge in [-0.2, -0.15) is 0 Å². The number of hydrogen-bond acceptors (Lipinski definition) is 2. The molecule has 0 unspecified atom stereocenters. The molecular weight excluding hydrogens is 328 g/mol. The van der Waals surface area contributed by atoms with Crippen molar-refractivity contribution < 1.29 is 9.47 Å². The van der Waals surface area contributed by atoms with Gasteiger partial charge in [0.15, 0.2) is 6.79 Å². The quantitative estimate of drug-likeness (QED) is 0.602. The van der Waals surface area contributed by atoms with Crippen molar-refractivity contribution >= 4 is 26.7 Å². The molecule has 3 aromatic carbocycles. The Kier molecular flexibility index (Phi) is 4.23. The zero-order valence-corrected chi connectivity index (χ0v) is 13.3. The zero-order chi connectivity index (χ0) is 14.7. The second kappa shape index (κ2) is 6.29. The molecule has 21 heavy (non-hydrogen) atoms. The average Bonchev–Trinajstić information content (AvgIpc) is 2.53. The molecule has 0 heterocycles. The normalized spacial score (nSPS) is 10.8. The molecule has 3 rings (SSSR count). The van der Waals surface area contributed by atoms with Crippen LogP contribution < -0.4 is 4.74 Å². The van der Waals surface area contributed by atoms with Crippen LogP contribution in [0.5, 0.6) is 5.75 Å². The lowest BCUT2D eigenvalue weighted by Gasteiger charge is -2.09. The van der Waals surface area contributed by atoms with Crippen LogP contribution in [-0.4, -0.2) is 13.9 Å². The third-order valence-corrected chi connectivity index (χ3v) is 3.97. The summed E-state index contributed by atoms with van der Waals surface area (Å²) in [5.74, 6) is 0.779. The van der Waals surface area contributed by atoms with Crippen LogP contribution in [0.25, 0.3) is 21.9 Å². The number of hydrogen-bond donors (Lipinski definition) is 0. The van der Waals surface area contributed by atoms with Crippen LogP contribution in [0.4, 0.5) is 0 Å². The summed E-state index contributed by atoms with van der Waals surface area (Å²) in [6, 6.07) is 20.9. The van der Waals surface area contributed by atoms with Crippen molar-refractivity contribution in [1.82, 2.24) is 0 Å². The van der Waals surface area contributed by atoms with E-state index < -0.39 is 0 Å². The second-order valence-electron chi connectivity index (χ2n) is 4.76. The van der Waals surface area contributed by atoms with Gasteiger partial charge in [0, 0.05) is 7.11 Å². The van der Waals surface area contributed by atoms with Gasteiger partial charge in [-0.15, -0.1) is 0 Å². The predicted molar refractivity (Wildman–Crippen MR) is 89.6 cm³/mol. The first-order valence-corrected chi connectivity index (χ1v) is 7.48. The Hall–Kier alpha value is -1.84. The van der Waals surface area contributed by atoms with Crippen LogP contribution in [-0.2, 0) is 4.74 Å². The van der Waals surface area contributed by atoms with Gasteiger partial charge in [0.1, 0.15) is 5.75 Å². The van der Waals surface area contributed by atoms with Crippen molar-refractivity contribution in [3.05, 3.63) is 65.1 Å². The first kappa shape index (κ1) is 14.1. The van der Waals surface area contributed by atoms with E-state index in [1.807, 2.05) is 6.07 Å². The SMILES string of the molecule is COCOc1ccc(-c2ccc3ccccc3c2)cc1Br. The van der Waals surface area contributed by atoms with E-state index in [0.29, 0.717) is 0 Å². The third-order valence-electron chi connectivity index (χ3n) is 3.35. The average molecular weight is 343 g/mol. The molecule has 0 aliphatic carbocycles.